The van der Waals surface area contributed by atoms with Gasteiger partial charge in [-0.1, -0.05) is 44.2 Å². The molecule has 1 atom stereocenters. The molecule has 1 nitrogen and oxygen atoms in total. The summed E-state index contributed by atoms with van der Waals surface area (Å²) in [5.41, 5.74) is 3.34. The molecule has 0 bridgehead atoms. The van der Waals surface area contributed by atoms with Crippen LogP contribution in [-0.2, 0) is 0 Å². The van der Waals surface area contributed by atoms with Crippen LogP contribution < -0.4 is 0 Å². The minimum Gasteiger partial charge on any atom is -0.456 e. The maximum atomic E-state index is 5.89. The summed E-state index contributed by atoms with van der Waals surface area (Å²) in [5, 5.41) is 2.42. The summed E-state index contributed by atoms with van der Waals surface area (Å²) in [7, 11) is 0. The third-order valence-corrected chi connectivity index (χ3v) is 3.58. The van der Waals surface area contributed by atoms with Crippen LogP contribution in [0, 0.1) is 0 Å². The van der Waals surface area contributed by atoms with E-state index in [1.807, 2.05) is 12.1 Å². The first-order chi connectivity index (χ1) is 8.29. The molecule has 17 heavy (non-hydrogen) atoms. The zero-order valence-corrected chi connectivity index (χ0v) is 10.2. The summed E-state index contributed by atoms with van der Waals surface area (Å²) >= 11 is 0. The molecule has 0 spiro atoms. The third kappa shape index (κ3) is 1.62. The molecular formula is C16H16O. The molecule has 0 aliphatic heterocycles. The second-order valence-electron chi connectivity index (χ2n) is 4.66. The zero-order valence-electron chi connectivity index (χ0n) is 10.2. The Kier molecular flexibility index (Phi) is 2.40. The summed E-state index contributed by atoms with van der Waals surface area (Å²) in [6.07, 6.45) is 1.16. The van der Waals surface area contributed by atoms with Gasteiger partial charge in [-0.2, -0.15) is 0 Å². The van der Waals surface area contributed by atoms with Crippen molar-refractivity contribution in [1.29, 1.82) is 0 Å². The Hall–Kier alpha value is -1.76. The standard InChI is InChI=1S/C16H16O/c1-3-11(2)12-8-9-14-13-6-4-5-7-15(13)17-16(14)10-12/h4-11H,3H2,1-2H3. The number of fused-ring (bicyclic) bond motifs is 3. The van der Waals surface area contributed by atoms with Crippen LogP contribution in [0.25, 0.3) is 21.9 Å². The van der Waals surface area contributed by atoms with E-state index in [4.69, 9.17) is 4.42 Å². The van der Waals surface area contributed by atoms with Gasteiger partial charge in [0.15, 0.2) is 0 Å². The minimum absolute atomic E-state index is 0.590. The third-order valence-electron chi connectivity index (χ3n) is 3.58. The summed E-state index contributed by atoms with van der Waals surface area (Å²) in [5.74, 6) is 0.590. The Morgan fingerprint density at radius 1 is 1.00 bits per heavy atom. The van der Waals surface area contributed by atoms with Crippen LogP contribution in [0.3, 0.4) is 0 Å². The van der Waals surface area contributed by atoms with E-state index in [-0.39, 0.29) is 0 Å². The first kappa shape index (κ1) is 10.4. The van der Waals surface area contributed by atoms with E-state index >= 15 is 0 Å². The van der Waals surface area contributed by atoms with Gasteiger partial charge >= 0.3 is 0 Å². The van der Waals surface area contributed by atoms with Gasteiger partial charge in [0.05, 0.1) is 0 Å². The van der Waals surface area contributed by atoms with Gasteiger partial charge in [-0.05, 0) is 30.0 Å². The Bertz CT molecular complexity index is 663. The van der Waals surface area contributed by atoms with Crippen LogP contribution >= 0.6 is 0 Å². The SMILES string of the molecule is CCC(C)c1ccc2c(c1)oc1ccccc12. The van der Waals surface area contributed by atoms with Crippen molar-refractivity contribution in [2.75, 3.05) is 0 Å². The Morgan fingerprint density at radius 2 is 1.76 bits per heavy atom. The number of hydrogen-bond donors (Lipinski definition) is 0. The number of furan rings is 1. The van der Waals surface area contributed by atoms with Crippen molar-refractivity contribution in [2.45, 2.75) is 26.2 Å². The smallest absolute Gasteiger partial charge is 0.135 e. The fraction of sp³-hybridized carbons (Fsp3) is 0.250. The molecule has 3 rings (SSSR count). The van der Waals surface area contributed by atoms with E-state index in [0.717, 1.165) is 17.6 Å². The first-order valence-electron chi connectivity index (χ1n) is 6.21. The van der Waals surface area contributed by atoms with Gasteiger partial charge < -0.3 is 4.42 Å². The molecule has 1 heteroatoms. The van der Waals surface area contributed by atoms with Gasteiger partial charge in [0, 0.05) is 10.8 Å². The average Bonchev–Trinajstić information content (AvgIpc) is 2.75. The van der Waals surface area contributed by atoms with Crippen LogP contribution in [0.5, 0.6) is 0 Å². The van der Waals surface area contributed by atoms with E-state index in [1.165, 1.54) is 16.3 Å². The average molecular weight is 224 g/mol. The molecule has 0 saturated carbocycles. The molecule has 1 aromatic heterocycles. The molecule has 1 unspecified atom stereocenters. The molecule has 0 amide bonds. The Morgan fingerprint density at radius 3 is 2.59 bits per heavy atom. The molecule has 2 aromatic carbocycles. The predicted molar refractivity (Wildman–Crippen MR) is 72.4 cm³/mol. The minimum atomic E-state index is 0.590. The second-order valence-corrected chi connectivity index (χ2v) is 4.66. The van der Waals surface area contributed by atoms with Gasteiger partial charge in [-0.15, -0.1) is 0 Å². The van der Waals surface area contributed by atoms with Crippen molar-refractivity contribution in [1.82, 2.24) is 0 Å². The predicted octanol–water partition coefficient (Wildman–Crippen LogP) is 5.10. The van der Waals surface area contributed by atoms with E-state index < -0.39 is 0 Å². The normalized spacial score (nSPS) is 13.3. The molecule has 0 N–H and O–H groups in total. The largest absolute Gasteiger partial charge is 0.456 e. The number of rotatable bonds is 2. The second kappa shape index (κ2) is 3.92. The summed E-state index contributed by atoms with van der Waals surface area (Å²) in [6, 6.07) is 14.8. The van der Waals surface area contributed by atoms with Crippen LogP contribution in [0.4, 0.5) is 0 Å². The van der Waals surface area contributed by atoms with Crippen LogP contribution in [0.2, 0.25) is 0 Å². The molecule has 0 saturated heterocycles. The highest BCUT2D eigenvalue weighted by Crippen LogP contribution is 2.31. The topological polar surface area (TPSA) is 13.1 Å². The Balaban J connectivity index is 2.26. The highest BCUT2D eigenvalue weighted by molar-refractivity contribution is 6.04. The number of benzene rings is 2. The van der Waals surface area contributed by atoms with Crippen molar-refractivity contribution in [3.63, 3.8) is 0 Å². The van der Waals surface area contributed by atoms with Gasteiger partial charge in [-0.3, -0.25) is 0 Å². The van der Waals surface area contributed by atoms with Gasteiger partial charge in [0.2, 0.25) is 0 Å². The lowest BCUT2D eigenvalue weighted by atomic mass is 9.97. The molecule has 0 aliphatic carbocycles. The van der Waals surface area contributed by atoms with Crippen molar-refractivity contribution < 1.29 is 4.42 Å². The molecule has 3 aromatic rings. The summed E-state index contributed by atoms with van der Waals surface area (Å²) < 4.78 is 5.89. The van der Waals surface area contributed by atoms with Crippen molar-refractivity contribution in [2.24, 2.45) is 0 Å². The lowest BCUT2D eigenvalue weighted by Crippen LogP contribution is -1.89. The van der Waals surface area contributed by atoms with E-state index in [0.29, 0.717) is 5.92 Å². The van der Waals surface area contributed by atoms with Crippen molar-refractivity contribution >= 4 is 21.9 Å². The Labute approximate surface area is 101 Å². The highest BCUT2D eigenvalue weighted by atomic mass is 16.3. The van der Waals surface area contributed by atoms with Crippen LogP contribution in [-0.4, -0.2) is 0 Å². The van der Waals surface area contributed by atoms with E-state index in [1.54, 1.807) is 0 Å². The number of hydrogen-bond acceptors (Lipinski definition) is 1. The first-order valence-corrected chi connectivity index (χ1v) is 6.21. The van der Waals surface area contributed by atoms with E-state index in [2.05, 4.69) is 44.2 Å². The fourth-order valence-corrected chi connectivity index (χ4v) is 2.28. The van der Waals surface area contributed by atoms with Crippen molar-refractivity contribution in [3.8, 4) is 0 Å². The quantitative estimate of drug-likeness (QED) is 0.590. The lowest BCUT2D eigenvalue weighted by molar-refractivity contribution is 0.665. The van der Waals surface area contributed by atoms with Crippen LogP contribution in [0.1, 0.15) is 31.7 Å². The lowest BCUT2D eigenvalue weighted by Gasteiger charge is -2.07. The van der Waals surface area contributed by atoms with Gasteiger partial charge in [0.1, 0.15) is 11.2 Å². The molecule has 0 aliphatic rings. The highest BCUT2D eigenvalue weighted by Gasteiger charge is 2.09. The summed E-state index contributed by atoms with van der Waals surface area (Å²) in [6.45, 7) is 4.47. The number of para-hydroxylation sites is 1. The van der Waals surface area contributed by atoms with Crippen LogP contribution in [0.15, 0.2) is 46.9 Å². The molecule has 86 valence electrons. The fourth-order valence-electron chi connectivity index (χ4n) is 2.28. The van der Waals surface area contributed by atoms with Gasteiger partial charge in [-0.25, -0.2) is 0 Å². The maximum Gasteiger partial charge on any atom is 0.135 e. The molecule has 1 heterocycles. The summed E-state index contributed by atoms with van der Waals surface area (Å²) in [4.78, 5) is 0. The zero-order chi connectivity index (χ0) is 11.8. The van der Waals surface area contributed by atoms with Crippen molar-refractivity contribution in [3.05, 3.63) is 48.0 Å². The maximum absolute atomic E-state index is 5.89. The molecular weight excluding hydrogens is 208 g/mol. The molecule has 0 radical (unpaired) electrons. The monoisotopic (exact) mass is 224 g/mol. The van der Waals surface area contributed by atoms with E-state index in [9.17, 15) is 0 Å². The van der Waals surface area contributed by atoms with Gasteiger partial charge in [0.25, 0.3) is 0 Å². The molecule has 0 fully saturated rings.